The van der Waals surface area contributed by atoms with Gasteiger partial charge < -0.3 is 9.47 Å². The number of hydrogen-bond acceptors (Lipinski definition) is 2. The van der Waals surface area contributed by atoms with Crippen LogP contribution in [0.1, 0.15) is 22.1 Å². The molecule has 0 aliphatic carbocycles. The zero-order chi connectivity index (χ0) is 13.8. The fraction of sp³-hybridized carbons (Fsp3) is 0.250. The molecule has 0 saturated carbocycles. The van der Waals surface area contributed by atoms with Crippen LogP contribution in [0.4, 0.5) is 0 Å². The molecule has 2 rings (SSSR count). The Kier molecular flexibility index (Phi) is 4.33. The standard InChI is InChI=1S/C16H17ClO2/c1-11-4-6-12(7-5-11)16(17)14-10-13(18-2)8-9-15(14)19-3/h4-10,16H,1-3H3. The van der Waals surface area contributed by atoms with Crippen LogP contribution in [0.25, 0.3) is 0 Å². The molecule has 2 aromatic carbocycles. The van der Waals surface area contributed by atoms with Crippen molar-refractivity contribution in [3.8, 4) is 11.5 Å². The molecule has 0 N–H and O–H groups in total. The van der Waals surface area contributed by atoms with Gasteiger partial charge >= 0.3 is 0 Å². The SMILES string of the molecule is COc1ccc(OC)c(C(Cl)c2ccc(C)cc2)c1. The van der Waals surface area contributed by atoms with Crippen molar-refractivity contribution < 1.29 is 9.47 Å². The molecule has 0 saturated heterocycles. The third-order valence-electron chi connectivity index (χ3n) is 3.08. The molecule has 1 atom stereocenters. The summed E-state index contributed by atoms with van der Waals surface area (Å²) in [5.74, 6) is 1.54. The summed E-state index contributed by atoms with van der Waals surface area (Å²) in [5.41, 5.74) is 3.16. The van der Waals surface area contributed by atoms with Crippen molar-refractivity contribution in [1.29, 1.82) is 0 Å². The molecule has 0 amide bonds. The molecule has 0 fully saturated rings. The zero-order valence-corrected chi connectivity index (χ0v) is 12.1. The summed E-state index contributed by atoms with van der Waals surface area (Å²) in [4.78, 5) is 0. The molecule has 2 aromatic rings. The Balaban J connectivity index is 2.41. The number of benzene rings is 2. The van der Waals surface area contributed by atoms with Crippen molar-refractivity contribution in [2.75, 3.05) is 14.2 Å². The highest BCUT2D eigenvalue weighted by Crippen LogP contribution is 2.37. The molecule has 0 radical (unpaired) electrons. The first-order valence-electron chi connectivity index (χ1n) is 6.08. The van der Waals surface area contributed by atoms with Crippen molar-refractivity contribution >= 4 is 11.6 Å². The van der Waals surface area contributed by atoms with Gasteiger partial charge in [0.2, 0.25) is 0 Å². The Bertz CT molecular complexity index is 549. The highest BCUT2D eigenvalue weighted by atomic mass is 35.5. The van der Waals surface area contributed by atoms with Crippen LogP contribution in [0.15, 0.2) is 42.5 Å². The van der Waals surface area contributed by atoms with E-state index in [9.17, 15) is 0 Å². The Morgan fingerprint density at radius 1 is 0.947 bits per heavy atom. The number of rotatable bonds is 4. The highest BCUT2D eigenvalue weighted by Gasteiger charge is 2.16. The van der Waals surface area contributed by atoms with Gasteiger partial charge in [-0.25, -0.2) is 0 Å². The van der Waals surface area contributed by atoms with Gasteiger partial charge in [-0.2, -0.15) is 0 Å². The minimum absolute atomic E-state index is 0.259. The fourth-order valence-corrected chi connectivity index (χ4v) is 2.27. The zero-order valence-electron chi connectivity index (χ0n) is 11.3. The van der Waals surface area contributed by atoms with Crippen molar-refractivity contribution in [3.63, 3.8) is 0 Å². The lowest BCUT2D eigenvalue weighted by atomic mass is 10.0. The van der Waals surface area contributed by atoms with E-state index in [0.29, 0.717) is 0 Å². The minimum Gasteiger partial charge on any atom is -0.497 e. The van der Waals surface area contributed by atoms with Gasteiger partial charge in [-0.3, -0.25) is 0 Å². The fourth-order valence-electron chi connectivity index (χ4n) is 1.95. The molecule has 0 heterocycles. The van der Waals surface area contributed by atoms with Gasteiger partial charge in [-0.05, 0) is 30.7 Å². The second-order valence-electron chi connectivity index (χ2n) is 4.38. The minimum atomic E-state index is -0.259. The first kappa shape index (κ1) is 13.8. The predicted octanol–water partition coefficient (Wildman–Crippen LogP) is 4.34. The molecule has 0 aliphatic heterocycles. The van der Waals surface area contributed by atoms with Gasteiger partial charge in [0.05, 0.1) is 19.6 Å². The van der Waals surface area contributed by atoms with Crippen LogP contribution in [-0.2, 0) is 0 Å². The molecule has 0 spiro atoms. The lowest BCUT2D eigenvalue weighted by Gasteiger charge is -2.15. The number of halogens is 1. The molecule has 0 bridgehead atoms. The molecular weight excluding hydrogens is 260 g/mol. The van der Waals surface area contributed by atoms with Crippen LogP contribution in [-0.4, -0.2) is 14.2 Å². The van der Waals surface area contributed by atoms with E-state index in [1.165, 1.54) is 5.56 Å². The molecule has 19 heavy (non-hydrogen) atoms. The molecule has 3 heteroatoms. The number of methoxy groups -OCH3 is 2. The number of alkyl halides is 1. The topological polar surface area (TPSA) is 18.5 Å². The van der Waals surface area contributed by atoms with E-state index in [2.05, 4.69) is 19.1 Å². The van der Waals surface area contributed by atoms with E-state index in [1.54, 1.807) is 14.2 Å². The predicted molar refractivity (Wildman–Crippen MR) is 78.4 cm³/mol. The lowest BCUT2D eigenvalue weighted by Crippen LogP contribution is -1.98. The average Bonchev–Trinajstić information content (AvgIpc) is 2.46. The highest BCUT2D eigenvalue weighted by molar-refractivity contribution is 6.22. The van der Waals surface area contributed by atoms with E-state index >= 15 is 0 Å². The number of ether oxygens (including phenoxy) is 2. The average molecular weight is 277 g/mol. The van der Waals surface area contributed by atoms with Crippen molar-refractivity contribution in [1.82, 2.24) is 0 Å². The maximum absolute atomic E-state index is 6.56. The quantitative estimate of drug-likeness (QED) is 0.774. The van der Waals surface area contributed by atoms with Crippen LogP contribution in [0.5, 0.6) is 11.5 Å². The van der Waals surface area contributed by atoms with Crippen LogP contribution < -0.4 is 9.47 Å². The van der Waals surface area contributed by atoms with E-state index in [1.807, 2.05) is 30.3 Å². The number of hydrogen-bond donors (Lipinski definition) is 0. The summed E-state index contributed by atoms with van der Waals surface area (Å²) in [5, 5.41) is -0.259. The van der Waals surface area contributed by atoms with Gasteiger partial charge in [-0.15, -0.1) is 11.6 Å². The van der Waals surface area contributed by atoms with Crippen LogP contribution in [0, 0.1) is 6.92 Å². The summed E-state index contributed by atoms with van der Waals surface area (Å²) in [6.07, 6.45) is 0. The first-order chi connectivity index (χ1) is 9.15. The normalized spacial score (nSPS) is 12.0. The van der Waals surface area contributed by atoms with Crippen LogP contribution in [0.2, 0.25) is 0 Å². The summed E-state index contributed by atoms with van der Waals surface area (Å²) in [7, 11) is 3.28. The summed E-state index contributed by atoms with van der Waals surface area (Å²) in [6, 6.07) is 13.8. The second-order valence-corrected chi connectivity index (χ2v) is 4.82. The van der Waals surface area contributed by atoms with Gasteiger partial charge in [0.15, 0.2) is 0 Å². The maximum atomic E-state index is 6.56. The lowest BCUT2D eigenvalue weighted by molar-refractivity contribution is 0.399. The molecule has 0 aromatic heterocycles. The van der Waals surface area contributed by atoms with Crippen molar-refractivity contribution in [2.24, 2.45) is 0 Å². The maximum Gasteiger partial charge on any atom is 0.124 e. The third-order valence-corrected chi connectivity index (χ3v) is 3.57. The van der Waals surface area contributed by atoms with Gasteiger partial charge in [0.25, 0.3) is 0 Å². The monoisotopic (exact) mass is 276 g/mol. The van der Waals surface area contributed by atoms with E-state index in [0.717, 1.165) is 22.6 Å². The van der Waals surface area contributed by atoms with Gasteiger partial charge in [0.1, 0.15) is 11.5 Å². The second kappa shape index (κ2) is 5.98. The molecule has 1 unspecified atom stereocenters. The largest absolute Gasteiger partial charge is 0.497 e. The molecule has 100 valence electrons. The Morgan fingerprint density at radius 3 is 2.21 bits per heavy atom. The summed E-state index contributed by atoms with van der Waals surface area (Å²) < 4.78 is 10.6. The van der Waals surface area contributed by atoms with Crippen molar-refractivity contribution in [3.05, 3.63) is 59.2 Å². The Labute approximate surface area is 118 Å². The summed E-state index contributed by atoms with van der Waals surface area (Å²) >= 11 is 6.56. The van der Waals surface area contributed by atoms with E-state index in [4.69, 9.17) is 21.1 Å². The molecule has 2 nitrogen and oxygen atoms in total. The third kappa shape index (κ3) is 3.02. The van der Waals surface area contributed by atoms with E-state index in [-0.39, 0.29) is 5.38 Å². The summed E-state index contributed by atoms with van der Waals surface area (Å²) in [6.45, 7) is 2.05. The first-order valence-corrected chi connectivity index (χ1v) is 6.52. The molecular formula is C16H17ClO2. The Hall–Kier alpha value is -1.67. The smallest absolute Gasteiger partial charge is 0.124 e. The van der Waals surface area contributed by atoms with Crippen LogP contribution in [0.3, 0.4) is 0 Å². The van der Waals surface area contributed by atoms with Gasteiger partial charge in [0, 0.05) is 5.56 Å². The Morgan fingerprint density at radius 2 is 1.63 bits per heavy atom. The molecule has 0 aliphatic rings. The van der Waals surface area contributed by atoms with Gasteiger partial charge in [-0.1, -0.05) is 29.8 Å². The van der Waals surface area contributed by atoms with E-state index < -0.39 is 0 Å². The van der Waals surface area contributed by atoms with Crippen molar-refractivity contribution in [2.45, 2.75) is 12.3 Å². The number of aryl methyl sites for hydroxylation is 1. The van der Waals surface area contributed by atoms with Crippen LogP contribution >= 0.6 is 11.6 Å².